The molecule has 2 aromatic rings. The third kappa shape index (κ3) is 1.84. The summed E-state index contributed by atoms with van der Waals surface area (Å²) in [6.45, 7) is 1.01. The number of hydrogen-bond acceptors (Lipinski definition) is 3. The van der Waals surface area contributed by atoms with E-state index in [1.54, 1.807) is 0 Å². The smallest absolute Gasteiger partial charge is 0.163 e. The summed E-state index contributed by atoms with van der Waals surface area (Å²) in [5, 5.41) is 8.54. The highest BCUT2D eigenvalue weighted by atomic mass is 79.9. The van der Waals surface area contributed by atoms with Gasteiger partial charge in [-0.15, -0.1) is 10.2 Å². The third-order valence-corrected chi connectivity index (χ3v) is 3.80. The molecule has 3 rings (SSSR count). The van der Waals surface area contributed by atoms with Crippen LogP contribution in [0.15, 0.2) is 22.7 Å². The molecule has 0 unspecified atom stereocenters. The number of nitrogen functional groups attached to an aromatic ring is 1. The Morgan fingerprint density at radius 3 is 2.94 bits per heavy atom. The van der Waals surface area contributed by atoms with Crippen molar-refractivity contribution < 1.29 is 0 Å². The van der Waals surface area contributed by atoms with Crippen LogP contribution in [-0.2, 0) is 13.0 Å². The monoisotopic (exact) mass is 292 g/mol. The third-order valence-electron chi connectivity index (χ3n) is 3.12. The molecule has 0 amide bonds. The standard InChI is InChI=1S/C12H13BrN4/c13-9-7-8(4-5-10(9)14)12-16-15-11-3-1-2-6-17(11)12/h4-5,7H,1-3,6,14H2. The summed E-state index contributed by atoms with van der Waals surface area (Å²) >= 11 is 3.45. The minimum Gasteiger partial charge on any atom is -0.398 e. The summed E-state index contributed by atoms with van der Waals surface area (Å²) in [7, 11) is 0. The van der Waals surface area contributed by atoms with E-state index in [9.17, 15) is 0 Å². The molecule has 4 nitrogen and oxygen atoms in total. The zero-order valence-electron chi connectivity index (χ0n) is 9.36. The first-order valence-corrected chi connectivity index (χ1v) is 6.52. The molecule has 2 heterocycles. The van der Waals surface area contributed by atoms with E-state index in [2.05, 4.69) is 30.7 Å². The summed E-state index contributed by atoms with van der Waals surface area (Å²) in [5.74, 6) is 2.04. The number of aryl methyl sites for hydroxylation is 1. The summed E-state index contributed by atoms with van der Waals surface area (Å²) in [6.07, 6.45) is 3.45. The van der Waals surface area contributed by atoms with Crippen molar-refractivity contribution in [2.24, 2.45) is 0 Å². The molecule has 1 aromatic heterocycles. The number of fused-ring (bicyclic) bond motifs is 1. The molecule has 0 fully saturated rings. The van der Waals surface area contributed by atoms with E-state index in [1.165, 1.54) is 12.8 Å². The SMILES string of the molecule is Nc1ccc(-c2nnc3n2CCCC3)cc1Br. The van der Waals surface area contributed by atoms with Crippen molar-refractivity contribution >= 4 is 21.6 Å². The van der Waals surface area contributed by atoms with Crippen molar-refractivity contribution in [3.63, 3.8) is 0 Å². The van der Waals surface area contributed by atoms with Crippen LogP contribution in [0.25, 0.3) is 11.4 Å². The first-order valence-electron chi connectivity index (χ1n) is 5.73. The summed E-state index contributed by atoms with van der Waals surface area (Å²) < 4.78 is 3.12. The summed E-state index contributed by atoms with van der Waals surface area (Å²) in [4.78, 5) is 0. The Bertz CT molecular complexity index is 562. The average molecular weight is 293 g/mol. The summed E-state index contributed by atoms with van der Waals surface area (Å²) in [6, 6.07) is 5.89. The molecule has 0 atom stereocenters. The minimum absolute atomic E-state index is 0.743. The molecule has 0 aliphatic carbocycles. The second kappa shape index (κ2) is 4.14. The first-order chi connectivity index (χ1) is 8.25. The lowest BCUT2D eigenvalue weighted by Crippen LogP contribution is -2.11. The van der Waals surface area contributed by atoms with Gasteiger partial charge in [-0.25, -0.2) is 0 Å². The van der Waals surface area contributed by atoms with E-state index in [0.29, 0.717) is 0 Å². The molecule has 2 N–H and O–H groups in total. The maximum atomic E-state index is 5.79. The topological polar surface area (TPSA) is 56.7 Å². The Morgan fingerprint density at radius 2 is 2.12 bits per heavy atom. The highest BCUT2D eigenvalue weighted by Crippen LogP contribution is 2.28. The number of halogens is 1. The van der Waals surface area contributed by atoms with Crippen LogP contribution < -0.4 is 5.73 Å². The maximum Gasteiger partial charge on any atom is 0.163 e. The largest absolute Gasteiger partial charge is 0.398 e. The van der Waals surface area contributed by atoms with Gasteiger partial charge in [0.15, 0.2) is 5.82 Å². The fourth-order valence-corrected chi connectivity index (χ4v) is 2.57. The molecule has 0 radical (unpaired) electrons. The Morgan fingerprint density at radius 1 is 1.24 bits per heavy atom. The van der Waals surface area contributed by atoms with Gasteiger partial charge in [0.1, 0.15) is 5.82 Å². The lowest BCUT2D eigenvalue weighted by atomic mass is 10.1. The normalized spacial score (nSPS) is 14.6. The second-order valence-corrected chi connectivity index (χ2v) is 5.14. The number of anilines is 1. The fourth-order valence-electron chi connectivity index (χ4n) is 2.19. The van der Waals surface area contributed by atoms with E-state index >= 15 is 0 Å². The van der Waals surface area contributed by atoms with E-state index < -0.39 is 0 Å². The van der Waals surface area contributed by atoms with Gasteiger partial charge >= 0.3 is 0 Å². The van der Waals surface area contributed by atoms with Crippen LogP contribution in [0.2, 0.25) is 0 Å². The van der Waals surface area contributed by atoms with Crippen LogP contribution in [0.3, 0.4) is 0 Å². The van der Waals surface area contributed by atoms with Crippen LogP contribution in [0.5, 0.6) is 0 Å². The number of hydrogen-bond donors (Lipinski definition) is 1. The highest BCUT2D eigenvalue weighted by molar-refractivity contribution is 9.10. The number of aromatic nitrogens is 3. The Hall–Kier alpha value is -1.36. The van der Waals surface area contributed by atoms with Gasteiger partial charge in [0.25, 0.3) is 0 Å². The van der Waals surface area contributed by atoms with Gasteiger partial charge in [0, 0.05) is 28.7 Å². The quantitative estimate of drug-likeness (QED) is 0.822. The Labute approximate surface area is 108 Å². The van der Waals surface area contributed by atoms with Gasteiger partial charge < -0.3 is 10.3 Å². The molecule has 0 spiro atoms. The van der Waals surface area contributed by atoms with E-state index in [1.807, 2.05) is 18.2 Å². The zero-order chi connectivity index (χ0) is 11.8. The molecule has 5 heteroatoms. The van der Waals surface area contributed by atoms with E-state index in [0.717, 1.165) is 40.3 Å². The Balaban J connectivity index is 2.09. The zero-order valence-corrected chi connectivity index (χ0v) is 10.9. The second-order valence-electron chi connectivity index (χ2n) is 4.28. The molecule has 88 valence electrons. The number of rotatable bonds is 1. The van der Waals surface area contributed by atoms with E-state index in [4.69, 9.17) is 5.73 Å². The van der Waals surface area contributed by atoms with Crippen molar-refractivity contribution in [3.8, 4) is 11.4 Å². The fraction of sp³-hybridized carbons (Fsp3) is 0.333. The molecule has 17 heavy (non-hydrogen) atoms. The van der Waals surface area contributed by atoms with Gasteiger partial charge in [0.05, 0.1) is 0 Å². The van der Waals surface area contributed by atoms with Crippen molar-refractivity contribution in [2.75, 3.05) is 5.73 Å². The van der Waals surface area contributed by atoms with Crippen LogP contribution in [0.4, 0.5) is 5.69 Å². The molecule has 1 aromatic carbocycles. The lowest BCUT2D eigenvalue weighted by Gasteiger charge is -2.14. The Kier molecular flexibility index (Phi) is 2.63. The first kappa shape index (κ1) is 10.8. The van der Waals surface area contributed by atoms with Gasteiger partial charge in [-0.05, 0) is 47.0 Å². The van der Waals surface area contributed by atoms with Gasteiger partial charge in [0.2, 0.25) is 0 Å². The highest BCUT2D eigenvalue weighted by Gasteiger charge is 2.17. The predicted octanol–water partition coefficient (Wildman–Crippen LogP) is 2.63. The molecule has 0 saturated carbocycles. The van der Waals surface area contributed by atoms with Crippen molar-refractivity contribution in [2.45, 2.75) is 25.8 Å². The number of nitrogens with zero attached hydrogens (tertiary/aromatic N) is 3. The van der Waals surface area contributed by atoms with Crippen LogP contribution in [0.1, 0.15) is 18.7 Å². The molecular weight excluding hydrogens is 280 g/mol. The number of benzene rings is 1. The molecule has 0 bridgehead atoms. The van der Waals surface area contributed by atoms with Gasteiger partial charge in [-0.1, -0.05) is 0 Å². The van der Waals surface area contributed by atoms with Gasteiger partial charge in [-0.2, -0.15) is 0 Å². The lowest BCUT2D eigenvalue weighted by molar-refractivity contribution is 0.526. The van der Waals surface area contributed by atoms with Crippen molar-refractivity contribution in [1.29, 1.82) is 0 Å². The van der Waals surface area contributed by atoms with Crippen molar-refractivity contribution in [3.05, 3.63) is 28.5 Å². The molecule has 1 aliphatic heterocycles. The van der Waals surface area contributed by atoms with Gasteiger partial charge in [-0.3, -0.25) is 0 Å². The molecule has 1 aliphatic rings. The van der Waals surface area contributed by atoms with E-state index in [-0.39, 0.29) is 0 Å². The number of nitrogens with two attached hydrogens (primary N) is 1. The predicted molar refractivity (Wildman–Crippen MR) is 70.5 cm³/mol. The average Bonchev–Trinajstić information content (AvgIpc) is 2.76. The van der Waals surface area contributed by atoms with Crippen LogP contribution >= 0.6 is 15.9 Å². The molecule has 0 saturated heterocycles. The van der Waals surface area contributed by atoms with Crippen molar-refractivity contribution in [1.82, 2.24) is 14.8 Å². The molecular formula is C12H13BrN4. The minimum atomic E-state index is 0.743. The van der Waals surface area contributed by atoms with Crippen LogP contribution in [0, 0.1) is 0 Å². The summed E-state index contributed by atoms with van der Waals surface area (Å²) in [5.41, 5.74) is 7.59. The van der Waals surface area contributed by atoms with Crippen LogP contribution in [-0.4, -0.2) is 14.8 Å². The maximum absolute atomic E-state index is 5.79.